The lowest BCUT2D eigenvalue weighted by Gasteiger charge is -2.47. The molecule has 0 bridgehead atoms. The van der Waals surface area contributed by atoms with Crippen molar-refractivity contribution in [3.05, 3.63) is 70.6 Å². The molecule has 1 saturated heterocycles. The van der Waals surface area contributed by atoms with E-state index in [2.05, 4.69) is 15.3 Å². The van der Waals surface area contributed by atoms with E-state index in [1.54, 1.807) is 26.0 Å². The van der Waals surface area contributed by atoms with Crippen LogP contribution in [0.1, 0.15) is 70.2 Å². The van der Waals surface area contributed by atoms with E-state index in [0.29, 0.717) is 31.4 Å². The fraction of sp³-hybridized carbons (Fsp3) is 0.543. The third kappa shape index (κ3) is 10.5. The molecule has 0 aromatic heterocycles. The fourth-order valence-electron chi connectivity index (χ4n) is 5.81. The van der Waals surface area contributed by atoms with E-state index in [4.69, 9.17) is 23.7 Å². The molecule has 1 aliphatic heterocycles. The molecule has 1 fully saturated rings. The first-order valence-corrected chi connectivity index (χ1v) is 16.3. The molecule has 0 radical (unpaired) electrons. The highest BCUT2D eigenvalue weighted by Gasteiger charge is 2.54. The number of azide groups is 1. The maximum Gasteiger partial charge on any atom is 0.366 e. The third-order valence-corrected chi connectivity index (χ3v) is 8.43. The van der Waals surface area contributed by atoms with Crippen LogP contribution in [0.25, 0.3) is 21.6 Å². The lowest BCUT2D eigenvalue weighted by molar-refractivity contribution is -0.299. The number of methoxy groups -OCH3 is 1. The van der Waals surface area contributed by atoms with Crippen LogP contribution in [-0.2, 0) is 38.1 Å². The molecule has 1 unspecified atom stereocenters. The van der Waals surface area contributed by atoms with Gasteiger partial charge in [0.15, 0.2) is 0 Å². The van der Waals surface area contributed by atoms with Gasteiger partial charge in [0.2, 0.25) is 0 Å². The summed E-state index contributed by atoms with van der Waals surface area (Å²) in [6.45, 7) is 6.96. The molecule has 13 nitrogen and oxygen atoms in total. The van der Waals surface area contributed by atoms with Gasteiger partial charge < -0.3 is 29.0 Å². The summed E-state index contributed by atoms with van der Waals surface area (Å²) in [5.74, 6) is -4.93. The van der Waals surface area contributed by atoms with Gasteiger partial charge in [0.1, 0.15) is 6.10 Å². The Morgan fingerprint density at radius 1 is 1.06 bits per heavy atom. The number of hydrogen-bond acceptors (Lipinski definition) is 10. The predicted molar refractivity (Wildman–Crippen MR) is 176 cm³/mol. The van der Waals surface area contributed by atoms with Crippen molar-refractivity contribution < 1.29 is 42.9 Å². The smallest absolute Gasteiger partial charge is 0.366 e. The Balaban J connectivity index is 1.75. The van der Waals surface area contributed by atoms with Crippen molar-refractivity contribution in [1.82, 2.24) is 5.32 Å². The second-order valence-corrected chi connectivity index (χ2v) is 11.8. The van der Waals surface area contributed by atoms with Crippen LogP contribution in [0.2, 0.25) is 0 Å². The number of benzene rings is 2. The van der Waals surface area contributed by atoms with Crippen LogP contribution >= 0.6 is 0 Å². The number of unbranched alkanes of at least 4 members (excludes halogenated alkanes) is 2. The van der Waals surface area contributed by atoms with Crippen LogP contribution in [0.4, 0.5) is 0 Å². The number of hydrogen-bond donors (Lipinski definition) is 1. The van der Waals surface area contributed by atoms with E-state index in [-0.39, 0.29) is 37.9 Å². The summed E-state index contributed by atoms with van der Waals surface area (Å²) in [6, 6.07) is 16.2. The number of nitrogens with one attached hydrogen (secondary N) is 1. The molecule has 2 aromatic carbocycles. The zero-order chi connectivity index (χ0) is 35.1. The molecular formula is C35H46N4O9. The van der Waals surface area contributed by atoms with E-state index in [1.807, 2.05) is 49.4 Å². The lowest BCUT2D eigenvalue weighted by atomic mass is 9.79. The van der Waals surface area contributed by atoms with Crippen LogP contribution in [0, 0.1) is 11.8 Å². The number of ether oxygens (including phenoxy) is 5. The highest BCUT2D eigenvalue weighted by atomic mass is 16.7. The Kier molecular flexibility index (Phi) is 14.9. The summed E-state index contributed by atoms with van der Waals surface area (Å²) in [6.07, 6.45) is 0.224. The van der Waals surface area contributed by atoms with Gasteiger partial charge in [-0.05, 0) is 54.5 Å². The van der Waals surface area contributed by atoms with Gasteiger partial charge >= 0.3 is 17.9 Å². The Morgan fingerprint density at radius 2 is 1.75 bits per heavy atom. The average molecular weight is 667 g/mol. The van der Waals surface area contributed by atoms with Gasteiger partial charge in [-0.2, -0.15) is 0 Å². The first kappa shape index (κ1) is 38.0. The van der Waals surface area contributed by atoms with Gasteiger partial charge in [-0.1, -0.05) is 67.8 Å². The summed E-state index contributed by atoms with van der Waals surface area (Å²) in [5, 5.41) is 6.80. The van der Waals surface area contributed by atoms with Crippen LogP contribution in [0.3, 0.4) is 0 Å². The second-order valence-electron chi connectivity index (χ2n) is 11.8. The highest BCUT2D eigenvalue weighted by molar-refractivity contribution is 5.94. The lowest BCUT2D eigenvalue weighted by Crippen LogP contribution is -2.60. The quantitative estimate of drug-likeness (QED) is 0.0549. The molecule has 0 aliphatic carbocycles. The first-order valence-electron chi connectivity index (χ1n) is 16.3. The van der Waals surface area contributed by atoms with Gasteiger partial charge in [-0.15, -0.1) is 0 Å². The van der Waals surface area contributed by atoms with Crippen LogP contribution in [0.15, 0.2) is 59.7 Å². The van der Waals surface area contributed by atoms with Gasteiger partial charge in [0.25, 0.3) is 11.7 Å². The van der Waals surface area contributed by atoms with Crippen molar-refractivity contribution in [3.63, 3.8) is 0 Å². The molecule has 1 amide bonds. The van der Waals surface area contributed by atoms with Crippen molar-refractivity contribution >= 4 is 23.8 Å². The molecule has 48 heavy (non-hydrogen) atoms. The average Bonchev–Trinajstić information content (AvgIpc) is 3.09. The van der Waals surface area contributed by atoms with Crippen molar-refractivity contribution in [3.8, 4) is 11.1 Å². The molecule has 6 atom stereocenters. The number of carbonyl (C=O) groups is 4. The monoisotopic (exact) mass is 666 g/mol. The topological polar surface area (TPSA) is 175 Å². The van der Waals surface area contributed by atoms with Gasteiger partial charge in [-0.3, -0.25) is 14.4 Å². The van der Waals surface area contributed by atoms with Crippen molar-refractivity contribution in [2.45, 2.75) is 83.8 Å². The Bertz CT molecular complexity index is 1410. The number of rotatable bonds is 17. The van der Waals surface area contributed by atoms with Gasteiger partial charge in [0, 0.05) is 42.2 Å². The number of amides is 1. The summed E-state index contributed by atoms with van der Waals surface area (Å²) in [5.41, 5.74) is 11.8. The minimum Gasteiger partial charge on any atom is -0.466 e. The molecule has 0 spiro atoms. The van der Waals surface area contributed by atoms with E-state index >= 15 is 0 Å². The van der Waals surface area contributed by atoms with Crippen LogP contribution in [-0.4, -0.2) is 74.7 Å². The van der Waals surface area contributed by atoms with E-state index in [1.165, 1.54) is 14.0 Å². The van der Waals surface area contributed by atoms with Gasteiger partial charge in [-0.25, -0.2) is 4.79 Å². The second kappa shape index (κ2) is 18.8. The Labute approximate surface area is 281 Å². The first-order chi connectivity index (χ1) is 23.0. The molecular weight excluding hydrogens is 620 g/mol. The number of nitrogens with zero attached hydrogens (tertiary/aromatic N) is 3. The number of carbonyl (C=O) groups excluding carboxylic acids is 4. The minimum absolute atomic E-state index is 0.0503. The van der Waals surface area contributed by atoms with E-state index in [9.17, 15) is 24.7 Å². The Morgan fingerprint density at radius 3 is 2.38 bits per heavy atom. The molecule has 260 valence electrons. The highest BCUT2D eigenvalue weighted by Crippen LogP contribution is 2.40. The zero-order valence-corrected chi connectivity index (χ0v) is 28.3. The molecule has 3 rings (SSSR count). The minimum atomic E-state index is -1.90. The molecule has 1 heterocycles. The predicted octanol–water partition coefficient (Wildman–Crippen LogP) is 5.76. The fourth-order valence-corrected chi connectivity index (χ4v) is 5.81. The maximum atomic E-state index is 13.2. The van der Waals surface area contributed by atoms with Crippen molar-refractivity contribution in [1.29, 1.82) is 0 Å². The number of esters is 3. The van der Waals surface area contributed by atoms with Crippen molar-refractivity contribution in [2.24, 2.45) is 17.0 Å². The zero-order valence-electron chi connectivity index (χ0n) is 28.3. The maximum absolute atomic E-state index is 13.2. The summed E-state index contributed by atoms with van der Waals surface area (Å²) >= 11 is 0. The Hall–Kier alpha value is -4.45. The summed E-state index contributed by atoms with van der Waals surface area (Å²) in [4.78, 5) is 53.2. The van der Waals surface area contributed by atoms with Gasteiger partial charge in [0.05, 0.1) is 33.0 Å². The van der Waals surface area contributed by atoms with E-state index in [0.717, 1.165) is 11.1 Å². The summed E-state index contributed by atoms with van der Waals surface area (Å²) in [7, 11) is 1.21. The summed E-state index contributed by atoms with van der Waals surface area (Å²) < 4.78 is 28.2. The largest absolute Gasteiger partial charge is 0.466 e. The third-order valence-electron chi connectivity index (χ3n) is 8.43. The molecule has 2 aromatic rings. The van der Waals surface area contributed by atoms with E-state index < -0.39 is 47.8 Å². The molecule has 1 aliphatic rings. The SMILES string of the molecule is CCOC(=O)CCCCCO[C@]1(C(=O)OC)C[C@@H](N=[N+]=[N-])[C@@H](C)C([C@H](C)[C@@H](CNC(=O)c2ccc(-c3ccccc3)cc2)OC(C)=O)O1. The van der Waals surface area contributed by atoms with Crippen LogP contribution in [0.5, 0.6) is 0 Å². The van der Waals surface area contributed by atoms with Crippen molar-refractivity contribution in [2.75, 3.05) is 26.9 Å². The molecule has 1 N–H and O–H groups in total. The molecule has 0 saturated carbocycles. The standard InChI is InChI=1S/C35H46N4O9/c1-6-45-31(41)15-11-8-12-20-46-35(34(43)44-5)21-29(38-39-36)23(2)32(48-35)24(3)30(47-25(4)40)22-37-33(42)28-18-16-27(17-19-28)26-13-9-7-10-14-26/h7,9-10,13-14,16-19,23-24,29-30,32H,6,8,11-12,15,20-22H2,1-5H3,(H,37,42)/t23-,24-,29-,30-,32?,35-/m1/s1. The normalized spacial score (nSPS) is 21.6. The van der Waals surface area contributed by atoms with Crippen LogP contribution < -0.4 is 5.32 Å². The molecule has 13 heteroatoms.